The Kier molecular flexibility index (Phi) is 2.36. The van der Waals surface area contributed by atoms with Crippen molar-refractivity contribution in [2.24, 2.45) is 10.7 Å². The van der Waals surface area contributed by atoms with Gasteiger partial charge in [0.25, 0.3) is 0 Å². The second kappa shape index (κ2) is 3.66. The minimum atomic E-state index is 0.491. The van der Waals surface area contributed by atoms with Gasteiger partial charge in [-0.2, -0.15) is 0 Å². The largest absolute Gasteiger partial charge is 0.325 e. The van der Waals surface area contributed by atoms with Gasteiger partial charge in [0.15, 0.2) is 0 Å². The van der Waals surface area contributed by atoms with Crippen LogP contribution < -0.4 is 5.73 Å². The molecule has 0 bridgehead atoms. The first-order valence-electron chi connectivity index (χ1n) is 4.56. The fraction of sp³-hybridized carbons (Fsp3) is 0.400. The summed E-state index contributed by atoms with van der Waals surface area (Å²) in [4.78, 5) is 8.50. The van der Waals surface area contributed by atoms with E-state index in [0.29, 0.717) is 12.6 Å². The van der Waals surface area contributed by atoms with E-state index in [1.165, 1.54) is 12.8 Å². The van der Waals surface area contributed by atoms with E-state index in [9.17, 15) is 0 Å². The number of pyridine rings is 1. The van der Waals surface area contributed by atoms with Crippen LogP contribution in [0.1, 0.15) is 24.1 Å². The molecule has 2 rings (SSSR count). The molecule has 1 heterocycles. The molecule has 0 radical (unpaired) electrons. The minimum Gasteiger partial charge on any atom is -0.325 e. The van der Waals surface area contributed by atoms with Crippen molar-refractivity contribution in [2.45, 2.75) is 25.4 Å². The molecule has 13 heavy (non-hydrogen) atoms. The third-order valence-corrected chi connectivity index (χ3v) is 2.03. The molecular weight excluding hydrogens is 162 g/mol. The minimum absolute atomic E-state index is 0.491. The van der Waals surface area contributed by atoms with Crippen molar-refractivity contribution in [2.75, 3.05) is 0 Å². The maximum Gasteiger partial charge on any atom is 0.0545 e. The Morgan fingerprint density at radius 1 is 1.62 bits per heavy atom. The smallest absolute Gasteiger partial charge is 0.0545 e. The van der Waals surface area contributed by atoms with Crippen molar-refractivity contribution in [3.05, 3.63) is 29.6 Å². The highest BCUT2D eigenvalue weighted by atomic mass is 14.8. The molecular formula is C10H13N3. The first-order chi connectivity index (χ1) is 6.38. The molecule has 0 aromatic carbocycles. The first-order valence-corrected chi connectivity index (χ1v) is 4.56. The van der Waals surface area contributed by atoms with Crippen LogP contribution in [0.5, 0.6) is 0 Å². The van der Waals surface area contributed by atoms with Crippen LogP contribution in [0.3, 0.4) is 0 Å². The Morgan fingerprint density at radius 2 is 2.46 bits per heavy atom. The van der Waals surface area contributed by atoms with E-state index in [0.717, 1.165) is 11.3 Å². The monoisotopic (exact) mass is 175 g/mol. The SMILES string of the molecule is NCc1cc(C=NC2CC2)ccn1. The second-order valence-corrected chi connectivity index (χ2v) is 3.29. The number of hydrogen-bond acceptors (Lipinski definition) is 3. The summed E-state index contributed by atoms with van der Waals surface area (Å²) in [6.45, 7) is 0.491. The summed E-state index contributed by atoms with van der Waals surface area (Å²) in [6.07, 6.45) is 6.17. The van der Waals surface area contributed by atoms with Gasteiger partial charge in [-0.25, -0.2) is 0 Å². The van der Waals surface area contributed by atoms with Crippen LogP contribution in [0.25, 0.3) is 0 Å². The number of nitrogens with zero attached hydrogens (tertiary/aromatic N) is 2. The van der Waals surface area contributed by atoms with Crippen LogP contribution in [0.2, 0.25) is 0 Å². The van der Waals surface area contributed by atoms with Gasteiger partial charge in [-0.15, -0.1) is 0 Å². The van der Waals surface area contributed by atoms with Gasteiger partial charge in [-0.3, -0.25) is 9.98 Å². The van der Waals surface area contributed by atoms with Crippen molar-refractivity contribution in [1.29, 1.82) is 0 Å². The van der Waals surface area contributed by atoms with Crippen molar-refractivity contribution in [3.63, 3.8) is 0 Å². The van der Waals surface area contributed by atoms with Gasteiger partial charge in [-0.05, 0) is 30.5 Å². The summed E-state index contributed by atoms with van der Waals surface area (Å²) in [7, 11) is 0. The van der Waals surface area contributed by atoms with E-state index >= 15 is 0 Å². The van der Waals surface area contributed by atoms with Gasteiger partial charge in [0, 0.05) is 19.0 Å². The van der Waals surface area contributed by atoms with Crippen LogP contribution >= 0.6 is 0 Å². The maximum atomic E-state index is 5.48. The maximum absolute atomic E-state index is 5.48. The molecule has 1 aromatic heterocycles. The summed E-state index contributed by atoms with van der Waals surface area (Å²) in [5, 5.41) is 0. The van der Waals surface area contributed by atoms with E-state index in [1.54, 1.807) is 6.20 Å². The zero-order valence-corrected chi connectivity index (χ0v) is 7.48. The zero-order chi connectivity index (χ0) is 9.10. The lowest BCUT2D eigenvalue weighted by molar-refractivity contribution is 0.989. The summed E-state index contributed by atoms with van der Waals surface area (Å²) >= 11 is 0. The lowest BCUT2D eigenvalue weighted by Gasteiger charge is -1.96. The lowest BCUT2D eigenvalue weighted by atomic mass is 10.2. The summed E-state index contributed by atoms with van der Waals surface area (Å²) < 4.78 is 0. The van der Waals surface area contributed by atoms with Gasteiger partial charge < -0.3 is 5.73 Å². The number of hydrogen-bond donors (Lipinski definition) is 1. The van der Waals surface area contributed by atoms with Gasteiger partial charge >= 0.3 is 0 Å². The number of aromatic nitrogens is 1. The van der Waals surface area contributed by atoms with Crippen LogP contribution in [0.4, 0.5) is 0 Å². The third kappa shape index (κ3) is 2.36. The van der Waals surface area contributed by atoms with E-state index in [4.69, 9.17) is 5.73 Å². The molecule has 0 saturated heterocycles. The predicted octanol–water partition coefficient (Wildman–Crippen LogP) is 1.12. The van der Waals surface area contributed by atoms with E-state index in [-0.39, 0.29) is 0 Å². The molecule has 0 spiro atoms. The zero-order valence-electron chi connectivity index (χ0n) is 7.48. The Morgan fingerprint density at radius 3 is 3.15 bits per heavy atom. The predicted molar refractivity (Wildman–Crippen MR) is 52.7 cm³/mol. The van der Waals surface area contributed by atoms with Gasteiger partial charge in [0.05, 0.1) is 11.7 Å². The molecule has 68 valence electrons. The fourth-order valence-corrected chi connectivity index (χ4v) is 1.10. The highest BCUT2D eigenvalue weighted by molar-refractivity contribution is 5.79. The molecule has 0 atom stereocenters. The molecule has 1 fully saturated rings. The first kappa shape index (κ1) is 8.38. The number of rotatable bonds is 3. The Labute approximate surface area is 77.7 Å². The highest BCUT2D eigenvalue weighted by Gasteiger charge is 2.18. The fourth-order valence-electron chi connectivity index (χ4n) is 1.10. The third-order valence-electron chi connectivity index (χ3n) is 2.03. The average Bonchev–Trinajstić information content (AvgIpc) is 2.99. The van der Waals surface area contributed by atoms with Crippen LogP contribution in [-0.2, 0) is 6.54 Å². The normalized spacial score (nSPS) is 16.7. The average molecular weight is 175 g/mol. The van der Waals surface area contributed by atoms with Crippen LogP contribution in [0.15, 0.2) is 23.3 Å². The molecule has 1 saturated carbocycles. The number of aliphatic imine (C=N–C) groups is 1. The van der Waals surface area contributed by atoms with Crippen molar-refractivity contribution in [1.82, 2.24) is 4.98 Å². The van der Waals surface area contributed by atoms with E-state index < -0.39 is 0 Å². The van der Waals surface area contributed by atoms with E-state index in [1.807, 2.05) is 18.3 Å². The van der Waals surface area contributed by atoms with Crippen LogP contribution in [0, 0.1) is 0 Å². The molecule has 1 aliphatic rings. The van der Waals surface area contributed by atoms with Crippen molar-refractivity contribution in [3.8, 4) is 0 Å². The molecule has 3 heteroatoms. The molecule has 3 nitrogen and oxygen atoms in total. The Bertz CT molecular complexity index is 316. The quantitative estimate of drug-likeness (QED) is 0.700. The lowest BCUT2D eigenvalue weighted by Crippen LogP contribution is -1.99. The molecule has 0 amide bonds. The summed E-state index contributed by atoms with van der Waals surface area (Å²) in [5.41, 5.74) is 7.50. The van der Waals surface area contributed by atoms with Crippen LogP contribution in [-0.4, -0.2) is 17.2 Å². The molecule has 0 unspecified atom stereocenters. The Balaban J connectivity index is 2.09. The molecule has 0 aliphatic heterocycles. The molecule has 2 N–H and O–H groups in total. The van der Waals surface area contributed by atoms with E-state index in [2.05, 4.69) is 9.98 Å². The number of nitrogens with two attached hydrogens (primary N) is 1. The highest BCUT2D eigenvalue weighted by Crippen LogP contribution is 2.23. The van der Waals surface area contributed by atoms with Crippen molar-refractivity contribution >= 4 is 6.21 Å². The van der Waals surface area contributed by atoms with Crippen molar-refractivity contribution < 1.29 is 0 Å². The topological polar surface area (TPSA) is 51.3 Å². The molecule has 1 aliphatic carbocycles. The molecule has 1 aromatic rings. The second-order valence-electron chi connectivity index (χ2n) is 3.29. The van der Waals surface area contributed by atoms with Gasteiger partial charge in [0.1, 0.15) is 0 Å². The summed E-state index contributed by atoms with van der Waals surface area (Å²) in [6, 6.07) is 4.51. The summed E-state index contributed by atoms with van der Waals surface area (Å²) in [5.74, 6) is 0. The Hall–Kier alpha value is -1.22. The van der Waals surface area contributed by atoms with Gasteiger partial charge in [0.2, 0.25) is 0 Å². The standard InChI is InChI=1S/C10H13N3/c11-6-10-5-8(3-4-12-10)7-13-9-1-2-9/h3-5,7,9H,1-2,6,11H2. The van der Waals surface area contributed by atoms with Gasteiger partial charge in [-0.1, -0.05) is 0 Å².